The number of rotatable bonds is 5. The van der Waals surface area contributed by atoms with Crippen LogP contribution in [0.3, 0.4) is 0 Å². The summed E-state index contributed by atoms with van der Waals surface area (Å²) >= 11 is 0. The maximum absolute atomic E-state index is 12.5. The van der Waals surface area contributed by atoms with E-state index >= 15 is 0 Å². The molecular formula is C15H26O3. The molecule has 3 heteroatoms. The Morgan fingerprint density at radius 3 is 2.44 bits per heavy atom. The summed E-state index contributed by atoms with van der Waals surface area (Å²) in [4.78, 5) is 12.5. The average Bonchev–Trinajstić information content (AvgIpc) is 2.98. The SMILES string of the molecule is CCOC(=O)C1(C2CCCC2)CCCC1OCC. The lowest BCUT2D eigenvalue weighted by Crippen LogP contribution is -2.46. The van der Waals surface area contributed by atoms with Crippen molar-refractivity contribution in [1.29, 1.82) is 0 Å². The van der Waals surface area contributed by atoms with Gasteiger partial charge in [-0.2, -0.15) is 0 Å². The molecule has 2 saturated carbocycles. The van der Waals surface area contributed by atoms with E-state index < -0.39 is 0 Å². The number of carbonyl (C=O) groups excluding carboxylic acids is 1. The van der Waals surface area contributed by atoms with Crippen LogP contribution < -0.4 is 0 Å². The van der Waals surface area contributed by atoms with Gasteiger partial charge in [0.15, 0.2) is 0 Å². The first-order chi connectivity index (χ1) is 8.75. The molecule has 2 fully saturated rings. The van der Waals surface area contributed by atoms with Crippen molar-refractivity contribution in [2.45, 2.75) is 64.9 Å². The van der Waals surface area contributed by atoms with Gasteiger partial charge in [-0.1, -0.05) is 12.8 Å². The lowest BCUT2D eigenvalue weighted by atomic mass is 9.71. The Labute approximate surface area is 110 Å². The average molecular weight is 254 g/mol. The minimum atomic E-state index is -0.331. The molecule has 2 rings (SSSR count). The number of hydrogen-bond donors (Lipinski definition) is 0. The van der Waals surface area contributed by atoms with Gasteiger partial charge in [-0.25, -0.2) is 0 Å². The van der Waals surface area contributed by atoms with Crippen molar-refractivity contribution in [3.8, 4) is 0 Å². The summed E-state index contributed by atoms with van der Waals surface area (Å²) in [7, 11) is 0. The number of hydrogen-bond acceptors (Lipinski definition) is 3. The van der Waals surface area contributed by atoms with Crippen molar-refractivity contribution in [3.63, 3.8) is 0 Å². The van der Waals surface area contributed by atoms with Crippen molar-refractivity contribution in [1.82, 2.24) is 0 Å². The second kappa shape index (κ2) is 6.05. The van der Waals surface area contributed by atoms with Gasteiger partial charge in [0.25, 0.3) is 0 Å². The highest BCUT2D eigenvalue weighted by Crippen LogP contribution is 2.52. The Bertz CT molecular complexity index is 283. The molecular weight excluding hydrogens is 228 g/mol. The Kier molecular flexibility index (Phi) is 4.66. The minimum absolute atomic E-state index is 0.00727. The van der Waals surface area contributed by atoms with Crippen LogP contribution >= 0.6 is 0 Å². The molecule has 0 aromatic rings. The van der Waals surface area contributed by atoms with Gasteiger partial charge in [-0.05, 0) is 51.9 Å². The highest BCUT2D eigenvalue weighted by Gasteiger charge is 2.56. The van der Waals surface area contributed by atoms with Gasteiger partial charge in [0.05, 0.1) is 18.1 Å². The standard InChI is InChI=1S/C15H26O3/c1-3-17-13-10-7-11-15(13,14(16)18-4-2)12-8-5-6-9-12/h12-13H,3-11H2,1-2H3. The van der Waals surface area contributed by atoms with Crippen LogP contribution in [0.15, 0.2) is 0 Å². The van der Waals surface area contributed by atoms with E-state index in [2.05, 4.69) is 0 Å². The summed E-state index contributed by atoms with van der Waals surface area (Å²) in [6, 6.07) is 0. The van der Waals surface area contributed by atoms with E-state index in [1.165, 1.54) is 25.7 Å². The van der Waals surface area contributed by atoms with E-state index in [1.54, 1.807) is 0 Å². The third kappa shape index (κ3) is 2.29. The third-order valence-electron chi connectivity index (χ3n) is 4.74. The van der Waals surface area contributed by atoms with Crippen molar-refractivity contribution in [3.05, 3.63) is 0 Å². The van der Waals surface area contributed by atoms with Crippen LogP contribution in [-0.2, 0) is 14.3 Å². The molecule has 2 aliphatic carbocycles. The van der Waals surface area contributed by atoms with Crippen LogP contribution in [0.25, 0.3) is 0 Å². The first kappa shape index (κ1) is 13.9. The highest BCUT2D eigenvalue weighted by molar-refractivity contribution is 5.78. The molecule has 3 nitrogen and oxygen atoms in total. The Hall–Kier alpha value is -0.570. The molecule has 0 spiro atoms. The number of esters is 1. The van der Waals surface area contributed by atoms with E-state index in [4.69, 9.17) is 9.47 Å². The summed E-state index contributed by atoms with van der Waals surface area (Å²) in [5, 5.41) is 0. The highest BCUT2D eigenvalue weighted by atomic mass is 16.5. The fourth-order valence-electron chi connectivity index (χ4n) is 4.01. The lowest BCUT2D eigenvalue weighted by molar-refractivity contribution is -0.169. The quantitative estimate of drug-likeness (QED) is 0.706. The van der Waals surface area contributed by atoms with E-state index in [0.29, 0.717) is 19.1 Å². The van der Waals surface area contributed by atoms with Crippen LogP contribution in [0.4, 0.5) is 0 Å². The summed E-state index contributed by atoms with van der Waals surface area (Å²) in [6.45, 7) is 5.08. The smallest absolute Gasteiger partial charge is 0.314 e. The van der Waals surface area contributed by atoms with E-state index in [9.17, 15) is 4.79 Å². The van der Waals surface area contributed by atoms with Crippen LogP contribution in [0.5, 0.6) is 0 Å². The molecule has 2 atom stereocenters. The van der Waals surface area contributed by atoms with Gasteiger partial charge in [0.2, 0.25) is 0 Å². The van der Waals surface area contributed by atoms with Crippen LogP contribution in [-0.4, -0.2) is 25.3 Å². The van der Waals surface area contributed by atoms with Gasteiger partial charge in [-0.15, -0.1) is 0 Å². The molecule has 104 valence electrons. The molecule has 0 radical (unpaired) electrons. The molecule has 0 N–H and O–H groups in total. The summed E-state index contributed by atoms with van der Waals surface area (Å²) in [6.07, 6.45) is 8.01. The van der Waals surface area contributed by atoms with E-state index in [0.717, 1.165) is 19.3 Å². The third-order valence-corrected chi connectivity index (χ3v) is 4.74. The molecule has 18 heavy (non-hydrogen) atoms. The number of carbonyl (C=O) groups is 1. The van der Waals surface area contributed by atoms with Crippen molar-refractivity contribution < 1.29 is 14.3 Å². The van der Waals surface area contributed by atoms with Crippen molar-refractivity contribution in [2.24, 2.45) is 11.3 Å². The maximum atomic E-state index is 12.5. The Balaban J connectivity index is 2.22. The predicted molar refractivity (Wildman–Crippen MR) is 70.3 cm³/mol. The van der Waals surface area contributed by atoms with Crippen molar-refractivity contribution in [2.75, 3.05) is 13.2 Å². The topological polar surface area (TPSA) is 35.5 Å². The minimum Gasteiger partial charge on any atom is -0.465 e. The van der Waals surface area contributed by atoms with Crippen LogP contribution in [0.1, 0.15) is 58.8 Å². The molecule has 0 aliphatic heterocycles. The molecule has 0 heterocycles. The molecule has 0 aromatic carbocycles. The Morgan fingerprint density at radius 1 is 1.11 bits per heavy atom. The number of ether oxygens (including phenoxy) is 2. The maximum Gasteiger partial charge on any atom is 0.314 e. The zero-order valence-electron chi connectivity index (χ0n) is 11.7. The zero-order chi connectivity index (χ0) is 13.0. The molecule has 0 bridgehead atoms. The van der Waals surface area contributed by atoms with Gasteiger partial charge in [0, 0.05) is 6.61 Å². The van der Waals surface area contributed by atoms with Gasteiger partial charge in [0.1, 0.15) is 0 Å². The van der Waals surface area contributed by atoms with Crippen LogP contribution in [0, 0.1) is 11.3 Å². The first-order valence-electron chi connectivity index (χ1n) is 7.54. The summed E-state index contributed by atoms with van der Waals surface area (Å²) < 4.78 is 11.3. The Morgan fingerprint density at radius 2 is 1.83 bits per heavy atom. The normalized spacial score (nSPS) is 32.9. The molecule has 2 unspecified atom stereocenters. The largest absolute Gasteiger partial charge is 0.465 e. The van der Waals surface area contributed by atoms with Gasteiger partial charge in [-0.3, -0.25) is 4.79 Å². The van der Waals surface area contributed by atoms with Gasteiger partial charge < -0.3 is 9.47 Å². The fourth-order valence-corrected chi connectivity index (χ4v) is 4.01. The zero-order valence-corrected chi connectivity index (χ0v) is 11.7. The molecule has 0 saturated heterocycles. The van der Waals surface area contributed by atoms with E-state index in [-0.39, 0.29) is 17.5 Å². The van der Waals surface area contributed by atoms with Crippen LogP contribution in [0.2, 0.25) is 0 Å². The van der Waals surface area contributed by atoms with Crippen molar-refractivity contribution >= 4 is 5.97 Å². The molecule has 2 aliphatic rings. The monoisotopic (exact) mass is 254 g/mol. The second-order valence-electron chi connectivity index (χ2n) is 5.58. The van der Waals surface area contributed by atoms with E-state index in [1.807, 2.05) is 13.8 Å². The fraction of sp³-hybridized carbons (Fsp3) is 0.933. The first-order valence-corrected chi connectivity index (χ1v) is 7.54. The van der Waals surface area contributed by atoms with Gasteiger partial charge >= 0.3 is 5.97 Å². The molecule has 0 amide bonds. The predicted octanol–water partition coefficient (Wildman–Crippen LogP) is 3.32. The second-order valence-corrected chi connectivity index (χ2v) is 5.58. The summed E-state index contributed by atoms with van der Waals surface area (Å²) in [5.41, 5.74) is -0.331. The summed E-state index contributed by atoms with van der Waals surface area (Å²) in [5.74, 6) is 0.489. The lowest BCUT2D eigenvalue weighted by Gasteiger charge is -2.38. The molecule has 0 aromatic heterocycles.